The molecule has 0 saturated heterocycles. The maximum Gasteiger partial charge on any atom is 0.165 e. The molecule has 0 radical (unpaired) electrons. The molecule has 0 bridgehead atoms. The molecule has 1 aromatic carbocycles. The van der Waals surface area contributed by atoms with Crippen LogP contribution in [0.15, 0.2) is 29.0 Å². The van der Waals surface area contributed by atoms with Gasteiger partial charge in [-0.25, -0.2) is 0 Å². The molecule has 4 nitrogen and oxygen atoms in total. The minimum Gasteiger partial charge on any atom is -0.399 e. The molecule has 0 atom stereocenters. The minimum absolute atomic E-state index is 0.568. The van der Waals surface area contributed by atoms with E-state index in [0.29, 0.717) is 6.04 Å². The molecule has 0 spiro atoms. The second-order valence-electron chi connectivity index (χ2n) is 4.03. The zero-order valence-corrected chi connectivity index (χ0v) is 10.2. The summed E-state index contributed by atoms with van der Waals surface area (Å²) in [5.41, 5.74) is 7.54. The van der Waals surface area contributed by atoms with Gasteiger partial charge in [0.2, 0.25) is 0 Å². The topological polar surface area (TPSA) is 56.7 Å². The van der Waals surface area contributed by atoms with Crippen molar-refractivity contribution in [1.82, 2.24) is 14.8 Å². The van der Waals surface area contributed by atoms with Crippen LogP contribution in [-0.2, 0) is 0 Å². The van der Waals surface area contributed by atoms with Crippen molar-refractivity contribution in [3.63, 3.8) is 0 Å². The lowest BCUT2D eigenvalue weighted by molar-refractivity contribution is 0.746. The molecule has 2 aromatic rings. The fourth-order valence-electron chi connectivity index (χ4n) is 1.77. The Morgan fingerprint density at radius 2 is 2.19 bits per heavy atom. The third-order valence-electron chi connectivity index (χ3n) is 2.74. The van der Waals surface area contributed by atoms with E-state index in [-0.39, 0.29) is 0 Å². The molecule has 16 heavy (non-hydrogen) atoms. The lowest BCUT2D eigenvalue weighted by atomic mass is 10.2. The van der Waals surface area contributed by atoms with Crippen LogP contribution in [0.3, 0.4) is 0 Å². The summed E-state index contributed by atoms with van der Waals surface area (Å²) < 4.78 is 3.12. The Hall–Kier alpha value is -1.36. The molecule has 1 saturated carbocycles. The lowest BCUT2D eigenvalue weighted by Gasteiger charge is -2.07. The first-order valence-corrected chi connectivity index (χ1v) is 6.00. The van der Waals surface area contributed by atoms with Crippen molar-refractivity contribution in [2.75, 3.05) is 5.73 Å². The van der Waals surface area contributed by atoms with Gasteiger partial charge in [0.1, 0.15) is 6.33 Å². The van der Waals surface area contributed by atoms with Crippen molar-refractivity contribution < 1.29 is 0 Å². The molecule has 1 aliphatic carbocycles. The van der Waals surface area contributed by atoms with Gasteiger partial charge in [0.15, 0.2) is 5.82 Å². The van der Waals surface area contributed by atoms with Crippen molar-refractivity contribution in [2.45, 2.75) is 18.9 Å². The summed E-state index contributed by atoms with van der Waals surface area (Å²) >= 11 is 3.52. The first-order valence-electron chi connectivity index (χ1n) is 5.20. The van der Waals surface area contributed by atoms with Crippen LogP contribution in [0.5, 0.6) is 0 Å². The molecule has 1 aromatic heterocycles. The van der Waals surface area contributed by atoms with Gasteiger partial charge in [0.05, 0.1) is 0 Å². The third kappa shape index (κ3) is 1.61. The van der Waals surface area contributed by atoms with Crippen LogP contribution in [0.4, 0.5) is 5.69 Å². The summed E-state index contributed by atoms with van der Waals surface area (Å²) in [6, 6.07) is 6.30. The van der Waals surface area contributed by atoms with Gasteiger partial charge in [-0.2, -0.15) is 0 Å². The number of benzene rings is 1. The van der Waals surface area contributed by atoms with Crippen molar-refractivity contribution in [2.24, 2.45) is 0 Å². The maximum absolute atomic E-state index is 5.80. The molecule has 82 valence electrons. The Kier molecular flexibility index (Phi) is 2.21. The number of hydrogen-bond donors (Lipinski definition) is 1. The number of anilines is 1. The van der Waals surface area contributed by atoms with Crippen LogP contribution >= 0.6 is 15.9 Å². The summed E-state index contributed by atoms with van der Waals surface area (Å²) in [6.45, 7) is 0. The molecule has 0 amide bonds. The van der Waals surface area contributed by atoms with Crippen LogP contribution in [0, 0.1) is 0 Å². The number of aromatic nitrogens is 3. The third-order valence-corrected chi connectivity index (χ3v) is 3.44. The van der Waals surface area contributed by atoms with E-state index >= 15 is 0 Å². The van der Waals surface area contributed by atoms with Crippen LogP contribution in [0.1, 0.15) is 18.9 Å². The second kappa shape index (κ2) is 3.59. The van der Waals surface area contributed by atoms with Crippen molar-refractivity contribution in [3.05, 3.63) is 29.0 Å². The molecule has 2 N–H and O–H groups in total. The van der Waals surface area contributed by atoms with Crippen molar-refractivity contribution >= 4 is 21.6 Å². The smallest absolute Gasteiger partial charge is 0.165 e. The molecule has 5 heteroatoms. The summed E-state index contributed by atoms with van der Waals surface area (Å²) in [5.74, 6) is 0.890. The highest BCUT2D eigenvalue weighted by molar-refractivity contribution is 9.10. The monoisotopic (exact) mass is 278 g/mol. The first kappa shape index (κ1) is 9.84. The number of nitrogens with two attached hydrogens (primary N) is 1. The molecule has 1 fully saturated rings. The molecule has 3 rings (SSSR count). The van der Waals surface area contributed by atoms with Crippen molar-refractivity contribution in [3.8, 4) is 11.4 Å². The fourth-order valence-corrected chi connectivity index (χ4v) is 2.19. The quantitative estimate of drug-likeness (QED) is 0.860. The number of nitrogens with zero attached hydrogens (tertiary/aromatic N) is 3. The van der Waals surface area contributed by atoms with Crippen LogP contribution in [0.25, 0.3) is 11.4 Å². The van der Waals surface area contributed by atoms with Gasteiger partial charge in [0, 0.05) is 21.8 Å². The summed E-state index contributed by atoms with van der Waals surface area (Å²) in [4.78, 5) is 0. The zero-order valence-electron chi connectivity index (χ0n) is 8.60. The maximum atomic E-state index is 5.80. The Labute approximate surface area is 102 Å². The molecule has 0 unspecified atom stereocenters. The largest absolute Gasteiger partial charge is 0.399 e. The average Bonchev–Trinajstić information content (AvgIpc) is 3.01. The van der Waals surface area contributed by atoms with E-state index in [1.54, 1.807) is 6.33 Å². The Bertz CT molecular complexity index is 531. The summed E-state index contributed by atoms with van der Waals surface area (Å²) in [5, 5.41) is 8.16. The van der Waals surface area contributed by atoms with Gasteiger partial charge >= 0.3 is 0 Å². The lowest BCUT2D eigenvalue weighted by Crippen LogP contribution is -1.97. The number of halogens is 1. The highest BCUT2D eigenvalue weighted by Crippen LogP contribution is 2.39. The van der Waals surface area contributed by atoms with Crippen molar-refractivity contribution in [1.29, 1.82) is 0 Å². The number of nitrogen functional groups attached to an aromatic ring is 1. The van der Waals surface area contributed by atoms with E-state index in [1.807, 2.05) is 18.2 Å². The van der Waals surface area contributed by atoms with E-state index in [0.717, 1.165) is 21.5 Å². The SMILES string of the molecule is Nc1ccc(Br)c(-c2nncn2C2CC2)c1. The Morgan fingerprint density at radius 3 is 2.94 bits per heavy atom. The van der Waals surface area contributed by atoms with Gasteiger partial charge in [-0.15, -0.1) is 10.2 Å². The Morgan fingerprint density at radius 1 is 1.38 bits per heavy atom. The van der Waals surface area contributed by atoms with Crippen LogP contribution in [0.2, 0.25) is 0 Å². The minimum atomic E-state index is 0.568. The fraction of sp³-hybridized carbons (Fsp3) is 0.273. The zero-order chi connectivity index (χ0) is 11.1. The molecule has 1 heterocycles. The molecular weight excluding hydrogens is 268 g/mol. The average molecular weight is 279 g/mol. The molecular formula is C11H11BrN4. The van der Waals surface area contributed by atoms with Gasteiger partial charge in [-0.05, 0) is 31.0 Å². The van der Waals surface area contributed by atoms with E-state index in [2.05, 4.69) is 30.7 Å². The summed E-state index contributed by atoms with van der Waals surface area (Å²) in [6.07, 6.45) is 4.22. The molecule has 1 aliphatic rings. The predicted molar refractivity (Wildman–Crippen MR) is 65.8 cm³/mol. The van der Waals surface area contributed by atoms with E-state index in [4.69, 9.17) is 5.73 Å². The van der Waals surface area contributed by atoms with E-state index in [9.17, 15) is 0 Å². The van der Waals surface area contributed by atoms with Gasteiger partial charge in [-0.3, -0.25) is 0 Å². The first-order chi connectivity index (χ1) is 7.75. The summed E-state index contributed by atoms with van der Waals surface area (Å²) in [7, 11) is 0. The number of rotatable bonds is 2. The number of hydrogen-bond acceptors (Lipinski definition) is 3. The van der Waals surface area contributed by atoms with E-state index < -0.39 is 0 Å². The van der Waals surface area contributed by atoms with Gasteiger partial charge < -0.3 is 10.3 Å². The van der Waals surface area contributed by atoms with Crippen LogP contribution < -0.4 is 5.73 Å². The van der Waals surface area contributed by atoms with Gasteiger partial charge in [0.25, 0.3) is 0 Å². The standard InChI is InChI=1S/C11H11BrN4/c12-10-4-1-7(13)5-9(10)11-15-14-6-16(11)8-2-3-8/h1,4-6,8H,2-3,13H2. The molecule has 0 aliphatic heterocycles. The normalized spacial score (nSPS) is 15.3. The highest BCUT2D eigenvalue weighted by Gasteiger charge is 2.27. The highest BCUT2D eigenvalue weighted by atomic mass is 79.9. The van der Waals surface area contributed by atoms with Crippen LogP contribution in [-0.4, -0.2) is 14.8 Å². The Balaban J connectivity index is 2.13. The predicted octanol–water partition coefficient (Wildman–Crippen LogP) is 2.62. The van der Waals surface area contributed by atoms with E-state index in [1.165, 1.54) is 12.8 Å². The van der Waals surface area contributed by atoms with Gasteiger partial charge in [-0.1, -0.05) is 15.9 Å². The second-order valence-corrected chi connectivity index (χ2v) is 4.89.